The molecule has 1 aliphatic heterocycles. The first kappa shape index (κ1) is 8.42. The molecule has 0 atom stereocenters. The van der Waals surface area contributed by atoms with Gasteiger partial charge in [-0.05, 0) is 17.7 Å². The lowest BCUT2D eigenvalue weighted by Crippen LogP contribution is -2.13. The second kappa shape index (κ2) is 3.69. The molecule has 0 saturated heterocycles. The maximum atomic E-state index is 5.90. The van der Waals surface area contributed by atoms with E-state index in [1.54, 1.807) is 0 Å². The zero-order valence-electron chi connectivity index (χ0n) is 6.64. The van der Waals surface area contributed by atoms with Gasteiger partial charge in [0.1, 0.15) is 0 Å². The highest BCUT2D eigenvalue weighted by Crippen LogP contribution is 2.27. The normalized spacial score (nSPS) is 16.8. The number of hydrogen-bond donors (Lipinski definition) is 1. The standard InChI is InChI=1S/C9H10ClNS/c10-8-2-1-7-6-11-3-4-12-9(7)5-8/h1-2,5,11H,3-4,6H2. The Morgan fingerprint density at radius 3 is 3.25 bits per heavy atom. The van der Waals surface area contributed by atoms with Crippen molar-refractivity contribution in [2.24, 2.45) is 0 Å². The highest BCUT2D eigenvalue weighted by atomic mass is 35.5. The van der Waals surface area contributed by atoms with Crippen LogP contribution in [0.4, 0.5) is 0 Å². The summed E-state index contributed by atoms with van der Waals surface area (Å²) in [6, 6.07) is 6.10. The SMILES string of the molecule is Clc1ccc2c(c1)SCCNC2. The zero-order chi connectivity index (χ0) is 8.39. The van der Waals surface area contributed by atoms with E-state index in [2.05, 4.69) is 17.4 Å². The molecular weight excluding hydrogens is 190 g/mol. The highest BCUT2D eigenvalue weighted by Gasteiger charge is 2.07. The monoisotopic (exact) mass is 199 g/mol. The summed E-state index contributed by atoms with van der Waals surface area (Å²) < 4.78 is 0. The predicted molar refractivity (Wildman–Crippen MR) is 53.9 cm³/mol. The van der Waals surface area contributed by atoms with Crippen molar-refractivity contribution < 1.29 is 0 Å². The molecule has 0 fully saturated rings. The van der Waals surface area contributed by atoms with Crippen molar-refractivity contribution in [3.63, 3.8) is 0 Å². The lowest BCUT2D eigenvalue weighted by atomic mass is 10.2. The molecule has 0 aromatic heterocycles. The molecule has 1 heterocycles. The summed E-state index contributed by atoms with van der Waals surface area (Å²) in [6.07, 6.45) is 0. The van der Waals surface area contributed by atoms with Gasteiger partial charge in [-0.15, -0.1) is 11.8 Å². The van der Waals surface area contributed by atoms with E-state index >= 15 is 0 Å². The average Bonchev–Trinajstić information content (AvgIpc) is 2.28. The molecule has 0 bridgehead atoms. The van der Waals surface area contributed by atoms with Gasteiger partial charge < -0.3 is 5.32 Å². The lowest BCUT2D eigenvalue weighted by Gasteiger charge is -2.03. The van der Waals surface area contributed by atoms with Crippen LogP contribution in [-0.2, 0) is 6.54 Å². The van der Waals surface area contributed by atoms with Crippen molar-refractivity contribution in [2.45, 2.75) is 11.4 Å². The third-order valence-electron chi connectivity index (χ3n) is 1.88. The van der Waals surface area contributed by atoms with Crippen LogP contribution in [0.2, 0.25) is 5.02 Å². The van der Waals surface area contributed by atoms with E-state index < -0.39 is 0 Å². The van der Waals surface area contributed by atoms with Gasteiger partial charge in [-0.1, -0.05) is 17.7 Å². The largest absolute Gasteiger partial charge is 0.312 e. The lowest BCUT2D eigenvalue weighted by molar-refractivity contribution is 0.732. The van der Waals surface area contributed by atoms with Crippen molar-refractivity contribution in [1.29, 1.82) is 0 Å². The Kier molecular flexibility index (Phi) is 2.59. The average molecular weight is 200 g/mol. The van der Waals surface area contributed by atoms with E-state index in [1.807, 2.05) is 17.8 Å². The van der Waals surface area contributed by atoms with Crippen molar-refractivity contribution in [3.8, 4) is 0 Å². The van der Waals surface area contributed by atoms with Crippen LogP contribution in [0, 0.1) is 0 Å². The first-order valence-electron chi connectivity index (χ1n) is 3.98. The molecule has 0 unspecified atom stereocenters. The van der Waals surface area contributed by atoms with Gasteiger partial charge in [0.2, 0.25) is 0 Å². The molecule has 0 spiro atoms. The Morgan fingerprint density at radius 1 is 1.42 bits per heavy atom. The Balaban J connectivity index is 2.36. The Bertz CT molecular complexity index is 288. The molecule has 0 aliphatic carbocycles. The summed E-state index contributed by atoms with van der Waals surface area (Å²) in [5, 5.41) is 4.20. The third-order valence-corrected chi connectivity index (χ3v) is 3.22. The summed E-state index contributed by atoms with van der Waals surface area (Å²) >= 11 is 7.77. The number of thioether (sulfide) groups is 1. The van der Waals surface area contributed by atoms with Gasteiger partial charge in [-0.2, -0.15) is 0 Å². The van der Waals surface area contributed by atoms with Gasteiger partial charge in [0.05, 0.1) is 0 Å². The van der Waals surface area contributed by atoms with Crippen LogP contribution >= 0.6 is 23.4 Å². The van der Waals surface area contributed by atoms with Gasteiger partial charge in [-0.3, -0.25) is 0 Å². The van der Waals surface area contributed by atoms with Crippen molar-refractivity contribution in [2.75, 3.05) is 12.3 Å². The number of hydrogen-bond acceptors (Lipinski definition) is 2. The van der Waals surface area contributed by atoms with E-state index in [4.69, 9.17) is 11.6 Å². The van der Waals surface area contributed by atoms with Crippen LogP contribution in [0.15, 0.2) is 23.1 Å². The van der Waals surface area contributed by atoms with E-state index in [0.717, 1.165) is 23.9 Å². The summed E-state index contributed by atoms with van der Waals surface area (Å²) in [7, 11) is 0. The molecule has 0 amide bonds. The Labute approximate surface area is 81.5 Å². The first-order valence-corrected chi connectivity index (χ1v) is 5.34. The third kappa shape index (κ3) is 1.76. The summed E-state index contributed by atoms with van der Waals surface area (Å²) in [5.74, 6) is 1.13. The van der Waals surface area contributed by atoms with E-state index in [1.165, 1.54) is 10.5 Å². The van der Waals surface area contributed by atoms with Crippen LogP contribution in [0.1, 0.15) is 5.56 Å². The van der Waals surface area contributed by atoms with Gasteiger partial charge in [-0.25, -0.2) is 0 Å². The fourth-order valence-corrected chi connectivity index (χ4v) is 2.50. The molecular formula is C9H10ClNS. The molecule has 1 nitrogen and oxygen atoms in total. The maximum absolute atomic E-state index is 5.90. The van der Waals surface area contributed by atoms with Gasteiger partial charge in [0.15, 0.2) is 0 Å². The number of benzene rings is 1. The highest BCUT2D eigenvalue weighted by molar-refractivity contribution is 7.99. The summed E-state index contributed by atoms with van der Waals surface area (Å²) in [4.78, 5) is 1.33. The van der Waals surface area contributed by atoms with Crippen LogP contribution in [-0.4, -0.2) is 12.3 Å². The fourth-order valence-electron chi connectivity index (χ4n) is 1.27. The molecule has 0 radical (unpaired) electrons. The predicted octanol–water partition coefficient (Wildman–Crippen LogP) is 2.54. The van der Waals surface area contributed by atoms with Crippen LogP contribution in [0.3, 0.4) is 0 Å². The van der Waals surface area contributed by atoms with Crippen LogP contribution in [0.5, 0.6) is 0 Å². The van der Waals surface area contributed by atoms with Crippen molar-refractivity contribution in [1.82, 2.24) is 5.32 Å². The number of fused-ring (bicyclic) bond motifs is 1. The second-order valence-corrected chi connectivity index (χ2v) is 4.35. The Morgan fingerprint density at radius 2 is 2.33 bits per heavy atom. The number of nitrogens with one attached hydrogen (secondary N) is 1. The molecule has 1 aromatic carbocycles. The zero-order valence-corrected chi connectivity index (χ0v) is 8.21. The molecule has 1 aromatic rings. The summed E-state index contributed by atoms with van der Waals surface area (Å²) in [6.45, 7) is 2.05. The van der Waals surface area contributed by atoms with E-state index in [-0.39, 0.29) is 0 Å². The van der Waals surface area contributed by atoms with Crippen LogP contribution in [0.25, 0.3) is 0 Å². The quantitative estimate of drug-likeness (QED) is 0.689. The molecule has 12 heavy (non-hydrogen) atoms. The number of halogens is 1. The van der Waals surface area contributed by atoms with Crippen molar-refractivity contribution >= 4 is 23.4 Å². The minimum atomic E-state index is 0.836. The van der Waals surface area contributed by atoms with Gasteiger partial charge >= 0.3 is 0 Å². The first-order chi connectivity index (χ1) is 5.86. The fraction of sp³-hybridized carbons (Fsp3) is 0.333. The van der Waals surface area contributed by atoms with Crippen LogP contribution < -0.4 is 5.32 Å². The Hall–Kier alpha value is -0.180. The molecule has 2 rings (SSSR count). The summed E-state index contributed by atoms with van der Waals surface area (Å²) in [5.41, 5.74) is 1.36. The van der Waals surface area contributed by atoms with Gasteiger partial charge in [0.25, 0.3) is 0 Å². The molecule has 1 aliphatic rings. The minimum Gasteiger partial charge on any atom is -0.312 e. The molecule has 0 saturated carbocycles. The molecule has 1 N–H and O–H groups in total. The second-order valence-electron chi connectivity index (χ2n) is 2.78. The topological polar surface area (TPSA) is 12.0 Å². The van der Waals surface area contributed by atoms with E-state index in [0.29, 0.717) is 0 Å². The van der Waals surface area contributed by atoms with Crippen molar-refractivity contribution in [3.05, 3.63) is 28.8 Å². The number of rotatable bonds is 0. The molecule has 64 valence electrons. The van der Waals surface area contributed by atoms with E-state index in [9.17, 15) is 0 Å². The maximum Gasteiger partial charge on any atom is 0.0417 e. The van der Waals surface area contributed by atoms with Gasteiger partial charge in [0, 0.05) is 28.8 Å². The smallest absolute Gasteiger partial charge is 0.0417 e. The minimum absolute atomic E-state index is 0.836. The molecule has 3 heteroatoms.